The van der Waals surface area contributed by atoms with Crippen molar-refractivity contribution in [2.24, 2.45) is 11.5 Å². The summed E-state index contributed by atoms with van der Waals surface area (Å²) >= 11 is 0. The van der Waals surface area contributed by atoms with E-state index in [1.165, 1.54) is 0 Å². The highest BCUT2D eigenvalue weighted by Crippen LogP contribution is 2.18. The number of primary amides is 1. The molecular formula is C12H18N2O3. The molecule has 1 aromatic rings. The molecule has 0 aliphatic carbocycles. The molecule has 5 N–H and O–H groups in total. The number of aliphatic hydroxyl groups is 1. The first kappa shape index (κ1) is 13.5. The van der Waals surface area contributed by atoms with E-state index < -0.39 is 11.4 Å². The topological polar surface area (TPSA) is 98.6 Å². The minimum atomic E-state index is -1.08. The van der Waals surface area contributed by atoms with Crippen LogP contribution in [-0.4, -0.2) is 23.2 Å². The largest absolute Gasteiger partial charge is 0.493 e. The molecule has 0 aliphatic heterocycles. The number of amides is 1. The van der Waals surface area contributed by atoms with Gasteiger partial charge in [0.05, 0.1) is 18.8 Å². The van der Waals surface area contributed by atoms with E-state index in [4.69, 9.17) is 21.3 Å². The van der Waals surface area contributed by atoms with Gasteiger partial charge in [-0.05, 0) is 13.0 Å². The average molecular weight is 238 g/mol. The molecule has 0 bridgehead atoms. The molecule has 1 rings (SSSR count). The van der Waals surface area contributed by atoms with Crippen LogP contribution in [0.4, 0.5) is 0 Å². The molecule has 0 spiro atoms. The van der Waals surface area contributed by atoms with Crippen LogP contribution in [-0.2, 0) is 11.4 Å². The number of nitrogens with two attached hydrogens (primary N) is 2. The van der Waals surface area contributed by atoms with Gasteiger partial charge in [-0.15, -0.1) is 0 Å². The van der Waals surface area contributed by atoms with Gasteiger partial charge in [0.15, 0.2) is 0 Å². The van der Waals surface area contributed by atoms with Crippen LogP contribution < -0.4 is 16.2 Å². The Labute approximate surface area is 100 Å². The summed E-state index contributed by atoms with van der Waals surface area (Å²) in [4.78, 5) is 11.0. The van der Waals surface area contributed by atoms with E-state index in [-0.39, 0.29) is 13.2 Å². The maximum absolute atomic E-state index is 11.0. The molecule has 0 aromatic heterocycles. The number of carbonyl (C=O) groups excluding carboxylic acids is 1. The third kappa shape index (κ3) is 3.72. The lowest BCUT2D eigenvalue weighted by atomic mass is 9.99. The summed E-state index contributed by atoms with van der Waals surface area (Å²) in [5, 5.41) is 9.09. The van der Waals surface area contributed by atoms with Crippen molar-refractivity contribution in [2.45, 2.75) is 25.5 Å². The number of hydrogen-bond donors (Lipinski definition) is 3. The van der Waals surface area contributed by atoms with Crippen molar-refractivity contribution in [1.82, 2.24) is 0 Å². The molecule has 0 radical (unpaired) electrons. The van der Waals surface area contributed by atoms with Gasteiger partial charge in [-0.25, -0.2) is 0 Å². The fourth-order valence-electron chi connectivity index (χ4n) is 1.27. The second-order valence-electron chi connectivity index (χ2n) is 4.15. The molecule has 0 heterocycles. The fourth-order valence-corrected chi connectivity index (χ4v) is 1.27. The number of ether oxygens (including phenoxy) is 1. The van der Waals surface area contributed by atoms with Gasteiger partial charge >= 0.3 is 0 Å². The van der Waals surface area contributed by atoms with Gasteiger partial charge in [-0.1, -0.05) is 18.2 Å². The second-order valence-corrected chi connectivity index (χ2v) is 4.15. The summed E-state index contributed by atoms with van der Waals surface area (Å²) in [5.74, 6) is 0.0341. The summed E-state index contributed by atoms with van der Waals surface area (Å²) in [6, 6.07) is 7.15. The average Bonchev–Trinajstić information content (AvgIpc) is 2.29. The summed E-state index contributed by atoms with van der Waals surface area (Å²) in [6.07, 6.45) is 0.322. The van der Waals surface area contributed by atoms with Gasteiger partial charge in [-0.3, -0.25) is 4.79 Å². The van der Waals surface area contributed by atoms with E-state index in [0.717, 1.165) is 0 Å². The molecular weight excluding hydrogens is 220 g/mol. The fraction of sp³-hybridized carbons (Fsp3) is 0.417. The van der Waals surface area contributed by atoms with E-state index in [2.05, 4.69) is 0 Å². The summed E-state index contributed by atoms with van der Waals surface area (Å²) in [7, 11) is 0. The first-order valence-corrected chi connectivity index (χ1v) is 5.37. The number of aliphatic hydroxyl groups excluding tert-OH is 1. The smallest absolute Gasteiger partial charge is 0.237 e. The summed E-state index contributed by atoms with van der Waals surface area (Å²) in [5.41, 5.74) is 10.5. The van der Waals surface area contributed by atoms with Crippen molar-refractivity contribution >= 4 is 5.91 Å². The highest BCUT2D eigenvalue weighted by Gasteiger charge is 2.25. The lowest BCUT2D eigenvalue weighted by Gasteiger charge is -2.20. The zero-order chi connectivity index (χ0) is 12.9. The number of para-hydroxylation sites is 1. The number of hydrogen-bond acceptors (Lipinski definition) is 4. The molecule has 0 saturated heterocycles. The van der Waals surface area contributed by atoms with Gasteiger partial charge in [-0.2, -0.15) is 0 Å². The zero-order valence-electron chi connectivity index (χ0n) is 9.85. The molecule has 1 amide bonds. The summed E-state index contributed by atoms with van der Waals surface area (Å²) < 4.78 is 5.47. The Morgan fingerprint density at radius 2 is 2.12 bits per heavy atom. The molecule has 17 heavy (non-hydrogen) atoms. The standard InChI is InChI=1S/C12H18N2O3/c1-12(14,11(13)16)6-7-17-10-5-3-2-4-9(10)8-15/h2-5,15H,6-8,14H2,1H3,(H2,13,16). The van der Waals surface area contributed by atoms with E-state index in [1.54, 1.807) is 19.1 Å². The molecule has 1 atom stereocenters. The Bertz CT molecular complexity index is 391. The number of benzene rings is 1. The predicted molar refractivity (Wildman–Crippen MR) is 64.3 cm³/mol. The predicted octanol–water partition coefficient (Wildman–Crippen LogP) is 0.151. The molecule has 0 saturated carbocycles. The van der Waals surface area contributed by atoms with Gasteiger partial charge in [0.2, 0.25) is 5.91 Å². The number of rotatable bonds is 6. The van der Waals surface area contributed by atoms with Crippen LogP contribution in [0, 0.1) is 0 Å². The van der Waals surface area contributed by atoms with Gasteiger partial charge in [0.1, 0.15) is 5.75 Å². The molecule has 0 fully saturated rings. The van der Waals surface area contributed by atoms with Crippen molar-refractivity contribution in [3.63, 3.8) is 0 Å². The second kappa shape index (κ2) is 5.65. The van der Waals surface area contributed by atoms with Crippen LogP contribution in [0.5, 0.6) is 5.75 Å². The quantitative estimate of drug-likeness (QED) is 0.657. The van der Waals surface area contributed by atoms with Crippen molar-refractivity contribution in [2.75, 3.05) is 6.61 Å². The Kier molecular flexibility index (Phi) is 4.48. The van der Waals surface area contributed by atoms with Crippen molar-refractivity contribution in [1.29, 1.82) is 0 Å². The molecule has 1 unspecified atom stereocenters. The lowest BCUT2D eigenvalue weighted by Crippen LogP contribution is -2.50. The van der Waals surface area contributed by atoms with E-state index in [1.807, 2.05) is 12.1 Å². The van der Waals surface area contributed by atoms with Crippen LogP contribution >= 0.6 is 0 Å². The van der Waals surface area contributed by atoms with Crippen LogP contribution in [0.1, 0.15) is 18.9 Å². The van der Waals surface area contributed by atoms with Gasteiger partial charge in [0, 0.05) is 12.0 Å². The first-order valence-electron chi connectivity index (χ1n) is 5.37. The SMILES string of the molecule is CC(N)(CCOc1ccccc1CO)C(N)=O. The Morgan fingerprint density at radius 1 is 1.47 bits per heavy atom. The molecule has 0 aliphatic rings. The minimum Gasteiger partial charge on any atom is -0.493 e. The third-order valence-corrected chi connectivity index (χ3v) is 2.58. The third-order valence-electron chi connectivity index (χ3n) is 2.58. The molecule has 5 heteroatoms. The molecule has 5 nitrogen and oxygen atoms in total. The number of carbonyl (C=O) groups is 1. The van der Waals surface area contributed by atoms with Gasteiger partial charge in [0.25, 0.3) is 0 Å². The van der Waals surface area contributed by atoms with E-state index in [0.29, 0.717) is 17.7 Å². The normalized spacial score (nSPS) is 14.1. The molecule has 94 valence electrons. The van der Waals surface area contributed by atoms with Crippen molar-refractivity contribution < 1.29 is 14.6 Å². The molecule has 1 aromatic carbocycles. The summed E-state index contributed by atoms with van der Waals surface area (Å²) in [6.45, 7) is 1.75. The van der Waals surface area contributed by atoms with E-state index in [9.17, 15) is 4.79 Å². The van der Waals surface area contributed by atoms with Crippen LogP contribution in [0.3, 0.4) is 0 Å². The van der Waals surface area contributed by atoms with Crippen LogP contribution in [0.15, 0.2) is 24.3 Å². The Balaban J connectivity index is 2.54. The maximum atomic E-state index is 11.0. The van der Waals surface area contributed by atoms with Gasteiger partial charge < -0.3 is 21.3 Å². The first-order chi connectivity index (χ1) is 7.97. The monoisotopic (exact) mass is 238 g/mol. The highest BCUT2D eigenvalue weighted by atomic mass is 16.5. The zero-order valence-corrected chi connectivity index (χ0v) is 9.85. The Morgan fingerprint density at radius 3 is 2.71 bits per heavy atom. The van der Waals surface area contributed by atoms with Crippen LogP contribution in [0.25, 0.3) is 0 Å². The van der Waals surface area contributed by atoms with E-state index >= 15 is 0 Å². The Hall–Kier alpha value is -1.59. The van der Waals surface area contributed by atoms with Crippen molar-refractivity contribution in [3.8, 4) is 5.75 Å². The maximum Gasteiger partial charge on any atom is 0.237 e. The lowest BCUT2D eigenvalue weighted by molar-refractivity contribution is -0.123. The van der Waals surface area contributed by atoms with Crippen LogP contribution in [0.2, 0.25) is 0 Å². The highest BCUT2D eigenvalue weighted by molar-refractivity contribution is 5.83. The van der Waals surface area contributed by atoms with Crippen molar-refractivity contribution in [3.05, 3.63) is 29.8 Å². The minimum absolute atomic E-state index is 0.0914.